The Morgan fingerprint density at radius 3 is 3.14 bits per heavy atom. The molecule has 0 aromatic heterocycles. The highest BCUT2D eigenvalue weighted by atomic mass is 19.1. The molecule has 1 heterocycles. The van der Waals surface area contributed by atoms with E-state index < -0.39 is 5.82 Å². The molecule has 1 unspecified atom stereocenters. The number of nitrogens with one attached hydrogen (secondary N) is 1. The smallest absolute Gasteiger partial charge is 0.224 e. The number of nitrogens with two attached hydrogens (primary N) is 1. The topological polar surface area (TPSA) is 67.6 Å². The monoisotopic (exact) mass is 295 g/mol. The molecular formula is C15H22FN3O2. The SMILES string of the molecule is CC1CN(CCCC(=O)Nc2cc(N)ccc2F)CCO1. The van der Waals surface area contributed by atoms with Crippen molar-refractivity contribution in [2.45, 2.75) is 25.9 Å². The van der Waals surface area contributed by atoms with Crippen molar-refractivity contribution in [1.82, 2.24) is 4.90 Å². The Labute approximate surface area is 124 Å². The average molecular weight is 295 g/mol. The van der Waals surface area contributed by atoms with Crippen molar-refractivity contribution in [2.75, 3.05) is 37.3 Å². The number of ether oxygens (including phenoxy) is 1. The molecule has 1 saturated heterocycles. The number of carbonyl (C=O) groups excluding carboxylic acids is 1. The van der Waals surface area contributed by atoms with Crippen LogP contribution in [-0.2, 0) is 9.53 Å². The molecule has 0 bridgehead atoms. The number of rotatable bonds is 5. The van der Waals surface area contributed by atoms with E-state index in [0.717, 1.165) is 32.7 Å². The van der Waals surface area contributed by atoms with E-state index in [9.17, 15) is 9.18 Å². The normalized spacial score (nSPS) is 19.4. The molecule has 0 spiro atoms. The highest BCUT2D eigenvalue weighted by Gasteiger charge is 2.16. The number of halogens is 1. The number of benzene rings is 1. The van der Waals surface area contributed by atoms with Gasteiger partial charge in [0, 0.05) is 25.2 Å². The van der Waals surface area contributed by atoms with Crippen LogP contribution in [0.25, 0.3) is 0 Å². The van der Waals surface area contributed by atoms with Gasteiger partial charge in [0.1, 0.15) is 5.82 Å². The van der Waals surface area contributed by atoms with E-state index in [1.54, 1.807) is 0 Å². The maximum absolute atomic E-state index is 13.5. The molecule has 6 heteroatoms. The van der Waals surface area contributed by atoms with E-state index in [1.807, 2.05) is 6.92 Å². The molecule has 1 atom stereocenters. The molecule has 1 fully saturated rings. The predicted octanol–water partition coefficient (Wildman–Crippen LogP) is 1.85. The van der Waals surface area contributed by atoms with Gasteiger partial charge >= 0.3 is 0 Å². The number of hydrogen-bond acceptors (Lipinski definition) is 4. The van der Waals surface area contributed by atoms with Gasteiger partial charge in [-0.3, -0.25) is 9.69 Å². The van der Waals surface area contributed by atoms with Crippen LogP contribution in [0.1, 0.15) is 19.8 Å². The molecule has 21 heavy (non-hydrogen) atoms. The Balaban J connectivity index is 1.73. The van der Waals surface area contributed by atoms with E-state index in [-0.39, 0.29) is 17.7 Å². The summed E-state index contributed by atoms with van der Waals surface area (Å²) in [6.07, 6.45) is 1.34. The molecule has 1 aromatic rings. The fourth-order valence-electron chi connectivity index (χ4n) is 2.41. The first-order valence-corrected chi connectivity index (χ1v) is 7.23. The lowest BCUT2D eigenvalue weighted by Crippen LogP contribution is -2.41. The van der Waals surface area contributed by atoms with E-state index in [1.165, 1.54) is 18.2 Å². The molecule has 0 radical (unpaired) electrons. The van der Waals surface area contributed by atoms with Crippen molar-refractivity contribution in [1.29, 1.82) is 0 Å². The number of nitrogen functional groups attached to an aromatic ring is 1. The number of nitrogens with zero attached hydrogens (tertiary/aromatic N) is 1. The molecule has 0 saturated carbocycles. The van der Waals surface area contributed by atoms with Gasteiger partial charge in [0.2, 0.25) is 5.91 Å². The van der Waals surface area contributed by atoms with E-state index in [0.29, 0.717) is 12.1 Å². The average Bonchev–Trinajstić information content (AvgIpc) is 2.43. The number of anilines is 2. The van der Waals surface area contributed by atoms with Crippen LogP contribution in [0.15, 0.2) is 18.2 Å². The zero-order valence-electron chi connectivity index (χ0n) is 12.3. The summed E-state index contributed by atoms with van der Waals surface area (Å²) in [7, 11) is 0. The van der Waals surface area contributed by atoms with Gasteiger partial charge in [-0.1, -0.05) is 0 Å². The van der Waals surface area contributed by atoms with Crippen molar-refractivity contribution >= 4 is 17.3 Å². The van der Waals surface area contributed by atoms with Gasteiger partial charge in [-0.2, -0.15) is 0 Å². The summed E-state index contributed by atoms with van der Waals surface area (Å²) in [6, 6.07) is 4.14. The van der Waals surface area contributed by atoms with Crippen molar-refractivity contribution in [2.24, 2.45) is 0 Å². The van der Waals surface area contributed by atoms with Crippen LogP contribution in [0, 0.1) is 5.82 Å². The maximum atomic E-state index is 13.5. The van der Waals surface area contributed by atoms with Gasteiger partial charge in [0.15, 0.2) is 0 Å². The minimum atomic E-state index is -0.473. The second-order valence-electron chi connectivity index (χ2n) is 5.37. The lowest BCUT2D eigenvalue weighted by molar-refractivity contribution is -0.116. The molecule has 1 amide bonds. The number of morpholine rings is 1. The zero-order valence-corrected chi connectivity index (χ0v) is 12.3. The van der Waals surface area contributed by atoms with Crippen LogP contribution in [0.5, 0.6) is 0 Å². The van der Waals surface area contributed by atoms with Crippen molar-refractivity contribution in [3.05, 3.63) is 24.0 Å². The molecule has 5 nitrogen and oxygen atoms in total. The summed E-state index contributed by atoms with van der Waals surface area (Å²) in [4.78, 5) is 14.1. The van der Waals surface area contributed by atoms with Crippen molar-refractivity contribution < 1.29 is 13.9 Å². The molecule has 1 aliphatic rings. The third-order valence-electron chi connectivity index (χ3n) is 3.47. The standard InChI is InChI=1S/C15H22FN3O2/c1-11-10-19(7-8-21-11)6-2-3-15(20)18-14-9-12(17)4-5-13(14)16/h4-5,9,11H,2-3,6-8,10,17H2,1H3,(H,18,20). The minimum absolute atomic E-state index is 0.139. The number of amides is 1. The van der Waals surface area contributed by atoms with Gasteiger partial charge in [0.25, 0.3) is 0 Å². The predicted molar refractivity (Wildman–Crippen MR) is 80.5 cm³/mol. The second kappa shape index (κ2) is 7.38. The third-order valence-corrected chi connectivity index (χ3v) is 3.47. The van der Waals surface area contributed by atoms with E-state index in [4.69, 9.17) is 10.5 Å². The Bertz CT molecular complexity index is 496. The first-order valence-electron chi connectivity index (χ1n) is 7.23. The first kappa shape index (κ1) is 15.7. The van der Waals surface area contributed by atoms with Gasteiger partial charge in [0.05, 0.1) is 18.4 Å². The van der Waals surface area contributed by atoms with Crippen LogP contribution in [0.3, 0.4) is 0 Å². The molecule has 1 aromatic carbocycles. The molecule has 2 rings (SSSR count). The Morgan fingerprint density at radius 1 is 1.57 bits per heavy atom. The Hall–Kier alpha value is -1.66. The van der Waals surface area contributed by atoms with Gasteiger partial charge < -0.3 is 15.8 Å². The summed E-state index contributed by atoms with van der Waals surface area (Å²) in [5.41, 5.74) is 6.14. The van der Waals surface area contributed by atoms with Gasteiger partial charge in [-0.15, -0.1) is 0 Å². The number of carbonyl (C=O) groups is 1. The molecule has 1 aliphatic heterocycles. The molecule has 3 N–H and O–H groups in total. The van der Waals surface area contributed by atoms with Crippen LogP contribution >= 0.6 is 0 Å². The largest absolute Gasteiger partial charge is 0.399 e. The highest BCUT2D eigenvalue weighted by Crippen LogP contribution is 2.17. The lowest BCUT2D eigenvalue weighted by atomic mass is 10.2. The fraction of sp³-hybridized carbons (Fsp3) is 0.533. The van der Waals surface area contributed by atoms with Gasteiger partial charge in [-0.25, -0.2) is 4.39 Å². The lowest BCUT2D eigenvalue weighted by Gasteiger charge is -2.30. The van der Waals surface area contributed by atoms with Gasteiger partial charge in [-0.05, 0) is 38.1 Å². The zero-order chi connectivity index (χ0) is 15.2. The van der Waals surface area contributed by atoms with Crippen LogP contribution in [-0.4, -0.2) is 43.2 Å². The summed E-state index contributed by atoms with van der Waals surface area (Å²) >= 11 is 0. The second-order valence-corrected chi connectivity index (χ2v) is 5.37. The fourth-order valence-corrected chi connectivity index (χ4v) is 2.41. The van der Waals surface area contributed by atoms with Crippen molar-refractivity contribution in [3.8, 4) is 0 Å². The first-order chi connectivity index (χ1) is 10.0. The quantitative estimate of drug-likeness (QED) is 0.814. The number of hydrogen-bond donors (Lipinski definition) is 2. The minimum Gasteiger partial charge on any atom is -0.399 e. The maximum Gasteiger partial charge on any atom is 0.224 e. The van der Waals surface area contributed by atoms with Crippen LogP contribution < -0.4 is 11.1 Å². The summed E-state index contributed by atoms with van der Waals surface area (Å²) in [6.45, 7) is 5.42. The highest BCUT2D eigenvalue weighted by molar-refractivity contribution is 5.91. The Morgan fingerprint density at radius 2 is 2.38 bits per heavy atom. The van der Waals surface area contributed by atoms with E-state index >= 15 is 0 Å². The van der Waals surface area contributed by atoms with E-state index in [2.05, 4.69) is 10.2 Å². The summed E-state index contributed by atoms with van der Waals surface area (Å²) in [5.74, 6) is -0.666. The Kier molecular flexibility index (Phi) is 5.52. The molecule has 116 valence electrons. The van der Waals surface area contributed by atoms with Crippen molar-refractivity contribution in [3.63, 3.8) is 0 Å². The van der Waals surface area contributed by atoms with Crippen LogP contribution in [0.2, 0.25) is 0 Å². The third kappa shape index (κ3) is 4.99. The molecular weight excluding hydrogens is 273 g/mol. The summed E-state index contributed by atoms with van der Waals surface area (Å²) in [5, 5.41) is 2.56. The molecule has 0 aliphatic carbocycles. The van der Waals surface area contributed by atoms with Crippen LogP contribution in [0.4, 0.5) is 15.8 Å². The summed E-state index contributed by atoms with van der Waals surface area (Å²) < 4.78 is 19.0.